The number of hydrogen-bond donors (Lipinski definition) is 1. The predicted octanol–water partition coefficient (Wildman–Crippen LogP) is 1.54. The smallest absolute Gasteiger partial charge is 0.271 e. The normalized spacial score (nSPS) is 34.7. The van der Waals surface area contributed by atoms with Crippen molar-refractivity contribution in [2.45, 2.75) is 30.8 Å². The minimum Gasteiger partial charge on any atom is -0.484 e. The zero-order valence-corrected chi connectivity index (χ0v) is 11.9. The molecule has 21 heavy (non-hydrogen) atoms. The Morgan fingerprint density at radius 3 is 2.95 bits per heavy atom. The summed E-state index contributed by atoms with van der Waals surface area (Å²) in [6.07, 6.45) is -1.53. The van der Waals surface area contributed by atoms with Crippen LogP contribution in [0.4, 0.5) is 5.69 Å². The molecule has 0 unspecified atom stereocenters. The van der Waals surface area contributed by atoms with E-state index in [2.05, 4.69) is 0 Å². The minimum atomic E-state index is -0.794. The number of nitrogens with zero attached hydrogens (tertiary/aromatic N) is 1. The number of benzene rings is 1. The fraction of sp³-hybridized carbons (Fsp3) is 0.538. The molecule has 114 valence electrons. The molecule has 1 aromatic carbocycles. The number of hydrogen-bond acceptors (Lipinski definition) is 6. The number of fused-ring (bicyclic) bond motifs is 1. The first-order valence-electron chi connectivity index (χ1n) is 6.46. The summed E-state index contributed by atoms with van der Waals surface area (Å²) in [6, 6.07) is 4.00. The molecule has 2 fully saturated rings. The Morgan fingerprint density at radius 2 is 2.29 bits per heavy atom. The summed E-state index contributed by atoms with van der Waals surface area (Å²) in [6.45, 7) is 2.22. The van der Waals surface area contributed by atoms with Crippen molar-refractivity contribution in [2.75, 3.05) is 13.2 Å². The highest BCUT2D eigenvalue weighted by atomic mass is 35.5. The van der Waals surface area contributed by atoms with Crippen molar-refractivity contribution >= 4 is 17.3 Å². The molecule has 0 saturated carbocycles. The Labute approximate surface area is 125 Å². The molecule has 4 atom stereocenters. The number of nitro benzene ring substituents is 1. The van der Waals surface area contributed by atoms with Gasteiger partial charge in [-0.15, -0.1) is 0 Å². The summed E-state index contributed by atoms with van der Waals surface area (Å²) in [4.78, 5) is 10.1. The standard InChI is InChI=1S/C13H14ClNO6/c1-13-11(16)6-19-12(13)10(5-20-13)21-9-3-2-7(15(17)18)4-8(9)14/h2-4,10-12,16H,5-6H2,1H3/t10-,11-,12+,13+/m0/s1. The Hall–Kier alpha value is -1.41. The fourth-order valence-corrected chi connectivity index (χ4v) is 2.90. The van der Waals surface area contributed by atoms with Gasteiger partial charge in [-0.1, -0.05) is 11.6 Å². The van der Waals surface area contributed by atoms with E-state index in [1.54, 1.807) is 6.92 Å². The molecule has 2 aliphatic heterocycles. The van der Waals surface area contributed by atoms with Crippen molar-refractivity contribution < 1.29 is 24.2 Å². The molecule has 7 nitrogen and oxygen atoms in total. The molecule has 1 N–H and O–H groups in total. The van der Waals surface area contributed by atoms with Crippen LogP contribution in [0.2, 0.25) is 5.02 Å². The molecule has 0 amide bonds. The van der Waals surface area contributed by atoms with Gasteiger partial charge in [0.1, 0.15) is 23.6 Å². The molecule has 0 bridgehead atoms. The van der Waals surface area contributed by atoms with E-state index in [0.717, 1.165) is 0 Å². The Balaban J connectivity index is 1.78. The highest BCUT2D eigenvalue weighted by molar-refractivity contribution is 6.32. The predicted molar refractivity (Wildman–Crippen MR) is 72.6 cm³/mol. The molecule has 0 radical (unpaired) electrons. The van der Waals surface area contributed by atoms with Gasteiger partial charge < -0.3 is 19.3 Å². The van der Waals surface area contributed by atoms with Gasteiger partial charge in [0.05, 0.1) is 23.2 Å². The zero-order valence-electron chi connectivity index (χ0n) is 11.2. The zero-order chi connectivity index (χ0) is 15.2. The second-order valence-corrected chi connectivity index (χ2v) is 5.70. The molecule has 2 heterocycles. The third kappa shape index (κ3) is 2.36. The molecule has 0 spiro atoms. The van der Waals surface area contributed by atoms with Gasteiger partial charge in [0.15, 0.2) is 6.10 Å². The average molecular weight is 316 g/mol. The summed E-state index contributed by atoms with van der Waals surface area (Å²) >= 11 is 6.00. The molecular weight excluding hydrogens is 302 g/mol. The van der Waals surface area contributed by atoms with E-state index in [0.29, 0.717) is 5.75 Å². The molecule has 1 aromatic rings. The van der Waals surface area contributed by atoms with Gasteiger partial charge in [-0.05, 0) is 13.0 Å². The second-order valence-electron chi connectivity index (χ2n) is 5.29. The lowest BCUT2D eigenvalue weighted by Crippen LogP contribution is -2.45. The van der Waals surface area contributed by atoms with Gasteiger partial charge in [-0.25, -0.2) is 0 Å². The summed E-state index contributed by atoms with van der Waals surface area (Å²) < 4.78 is 16.9. The van der Waals surface area contributed by atoms with E-state index in [9.17, 15) is 15.2 Å². The van der Waals surface area contributed by atoms with Gasteiger partial charge >= 0.3 is 0 Å². The van der Waals surface area contributed by atoms with Crippen molar-refractivity contribution in [2.24, 2.45) is 0 Å². The molecule has 8 heteroatoms. The van der Waals surface area contributed by atoms with Crippen LogP contribution in [0.3, 0.4) is 0 Å². The van der Waals surface area contributed by atoms with Crippen LogP contribution in [0.5, 0.6) is 5.75 Å². The van der Waals surface area contributed by atoms with Crippen LogP contribution in [0.15, 0.2) is 18.2 Å². The number of nitro groups is 1. The summed E-state index contributed by atoms with van der Waals surface area (Å²) in [5.41, 5.74) is -0.898. The number of aliphatic hydroxyl groups is 1. The van der Waals surface area contributed by atoms with E-state index in [-0.39, 0.29) is 23.9 Å². The highest BCUT2D eigenvalue weighted by Crippen LogP contribution is 2.40. The van der Waals surface area contributed by atoms with Crippen LogP contribution < -0.4 is 4.74 Å². The SMILES string of the molecule is C[C@]12OC[C@H](Oc3ccc([N+](=O)[O-])cc3Cl)[C@H]1OC[C@@H]2O. The third-order valence-electron chi connectivity index (χ3n) is 3.96. The van der Waals surface area contributed by atoms with E-state index in [1.807, 2.05) is 0 Å². The molecule has 2 aliphatic rings. The quantitative estimate of drug-likeness (QED) is 0.672. The lowest BCUT2D eigenvalue weighted by molar-refractivity contribution is -0.384. The first kappa shape index (κ1) is 14.5. The maximum atomic E-state index is 10.7. The van der Waals surface area contributed by atoms with Crippen LogP contribution in [0.1, 0.15) is 6.92 Å². The monoisotopic (exact) mass is 315 g/mol. The average Bonchev–Trinajstić information content (AvgIpc) is 2.90. The molecule has 0 aliphatic carbocycles. The van der Waals surface area contributed by atoms with Gasteiger partial charge in [0.25, 0.3) is 5.69 Å². The van der Waals surface area contributed by atoms with Gasteiger partial charge in [0.2, 0.25) is 0 Å². The van der Waals surface area contributed by atoms with E-state index >= 15 is 0 Å². The Kier molecular flexibility index (Phi) is 3.53. The van der Waals surface area contributed by atoms with Crippen molar-refractivity contribution in [3.8, 4) is 5.75 Å². The maximum absolute atomic E-state index is 10.7. The highest BCUT2D eigenvalue weighted by Gasteiger charge is 2.57. The number of aliphatic hydroxyl groups excluding tert-OH is 1. The van der Waals surface area contributed by atoms with E-state index in [1.165, 1.54) is 18.2 Å². The van der Waals surface area contributed by atoms with E-state index < -0.39 is 28.8 Å². The van der Waals surface area contributed by atoms with Crippen LogP contribution in [0, 0.1) is 10.1 Å². The first-order valence-corrected chi connectivity index (χ1v) is 6.84. The lowest BCUT2D eigenvalue weighted by Gasteiger charge is -2.25. The largest absolute Gasteiger partial charge is 0.484 e. The molecule has 0 aromatic heterocycles. The van der Waals surface area contributed by atoms with Crippen molar-refractivity contribution in [1.82, 2.24) is 0 Å². The Morgan fingerprint density at radius 1 is 1.52 bits per heavy atom. The van der Waals surface area contributed by atoms with Gasteiger partial charge in [-0.2, -0.15) is 0 Å². The second kappa shape index (κ2) is 5.10. The van der Waals surface area contributed by atoms with Crippen LogP contribution in [-0.2, 0) is 9.47 Å². The molecule has 2 saturated heterocycles. The summed E-state index contributed by atoms with van der Waals surface area (Å²) in [5, 5.41) is 20.7. The molecular formula is C13H14ClNO6. The van der Waals surface area contributed by atoms with Crippen molar-refractivity contribution in [3.05, 3.63) is 33.3 Å². The first-order chi connectivity index (χ1) is 9.91. The van der Waals surface area contributed by atoms with Crippen LogP contribution in [-0.4, -0.2) is 47.2 Å². The van der Waals surface area contributed by atoms with Crippen LogP contribution >= 0.6 is 11.6 Å². The Bertz CT molecular complexity index is 582. The number of halogens is 1. The maximum Gasteiger partial charge on any atom is 0.271 e. The minimum absolute atomic E-state index is 0.104. The van der Waals surface area contributed by atoms with Crippen molar-refractivity contribution in [1.29, 1.82) is 0 Å². The molecule has 3 rings (SSSR count). The van der Waals surface area contributed by atoms with Gasteiger partial charge in [0, 0.05) is 12.1 Å². The van der Waals surface area contributed by atoms with E-state index in [4.69, 9.17) is 25.8 Å². The topological polar surface area (TPSA) is 91.1 Å². The third-order valence-corrected chi connectivity index (χ3v) is 4.26. The lowest BCUT2D eigenvalue weighted by atomic mass is 9.95. The summed E-state index contributed by atoms with van der Waals surface area (Å²) in [5.74, 6) is 0.324. The van der Waals surface area contributed by atoms with Crippen LogP contribution in [0.25, 0.3) is 0 Å². The van der Waals surface area contributed by atoms with Crippen molar-refractivity contribution in [3.63, 3.8) is 0 Å². The number of ether oxygens (including phenoxy) is 3. The summed E-state index contributed by atoms with van der Waals surface area (Å²) in [7, 11) is 0. The number of rotatable bonds is 3. The van der Waals surface area contributed by atoms with Gasteiger partial charge in [-0.3, -0.25) is 10.1 Å². The fourth-order valence-electron chi connectivity index (χ4n) is 2.68. The number of non-ortho nitro benzene ring substituents is 1.